The van der Waals surface area contributed by atoms with E-state index in [2.05, 4.69) is 0 Å². The van der Waals surface area contributed by atoms with Gasteiger partial charge in [0.15, 0.2) is 11.6 Å². The van der Waals surface area contributed by atoms with Gasteiger partial charge in [-0.3, -0.25) is 4.79 Å². The largest absolute Gasteiger partial charge is 0.377 e. The highest BCUT2D eigenvalue weighted by Crippen LogP contribution is 2.28. The van der Waals surface area contributed by atoms with Crippen LogP contribution in [-0.4, -0.2) is 12.9 Å². The van der Waals surface area contributed by atoms with E-state index in [4.69, 9.17) is 4.74 Å². The topological polar surface area (TPSA) is 26.3 Å². The van der Waals surface area contributed by atoms with Crippen LogP contribution in [0.5, 0.6) is 0 Å². The highest BCUT2D eigenvalue weighted by atomic mass is 19.2. The zero-order valence-corrected chi connectivity index (χ0v) is 19.1. The van der Waals surface area contributed by atoms with E-state index in [1.54, 1.807) is 60.7 Å². The van der Waals surface area contributed by atoms with Gasteiger partial charge >= 0.3 is 0 Å². The predicted molar refractivity (Wildman–Crippen MR) is 133 cm³/mol. The van der Waals surface area contributed by atoms with E-state index >= 15 is 0 Å². The zero-order chi connectivity index (χ0) is 24.8. The zero-order valence-electron chi connectivity index (χ0n) is 19.1. The summed E-state index contributed by atoms with van der Waals surface area (Å²) >= 11 is 0. The summed E-state index contributed by atoms with van der Waals surface area (Å²) in [4.78, 5) is 10.8. The second kappa shape index (κ2) is 11.0. The molecule has 0 aliphatic rings. The Bertz CT molecular complexity index is 1360. The van der Waals surface area contributed by atoms with Gasteiger partial charge in [-0.15, -0.1) is 0 Å². The van der Waals surface area contributed by atoms with Gasteiger partial charge in [0, 0.05) is 28.9 Å². The van der Waals surface area contributed by atoms with E-state index in [0.29, 0.717) is 41.8 Å². The van der Waals surface area contributed by atoms with Gasteiger partial charge in [0.2, 0.25) is 0 Å². The molecule has 0 aromatic heterocycles. The van der Waals surface area contributed by atoms with Crippen molar-refractivity contribution in [3.05, 3.63) is 119 Å². The Hall–Kier alpha value is -3.96. The van der Waals surface area contributed by atoms with E-state index in [9.17, 15) is 18.0 Å². The Labute approximate surface area is 202 Å². The fraction of sp³-hybridized carbons (Fsp3) is 0.100. The Balaban J connectivity index is 1.51. The summed E-state index contributed by atoms with van der Waals surface area (Å²) in [7, 11) is 0. The molecule has 176 valence electrons. The molecule has 0 aliphatic heterocycles. The Morgan fingerprint density at radius 1 is 0.714 bits per heavy atom. The average molecular weight is 473 g/mol. The summed E-state index contributed by atoms with van der Waals surface area (Å²) in [6.07, 6.45) is 3.86. The summed E-state index contributed by atoms with van der Waals surface area (Å²) in [5, 5.41) is 0. The van der Waals surface area contributed by atoms with Crippen LogP contribution >= 0.6 is 0 Å². The van der Waals surface area contributed by atoms with Crippen molar-refractivity contribution in [2.75, 3.05) is 6.61 Å². The fourth-order valence-corrected chi connectivity index (χ4v) is 3.72. The number of benzene rings is 4. The molecule has 0 atom stereocenters. The standard InChI is InChI=1S/C30H23F3O2/c1-2-35-19-22-8-15-26(28(31)17-22)23-9-3-20(4-10-23)5-13-25-14-16-27(30(33)29(25)32)24-11-6-21(18-34)7-12-24/h3-18H,2,19H2,1H3/b13-5+. The van der Waals surface area contributed by atoms with Crippen molar-refractivity contribution >= 4 is 18.4 Å². The van der Waals surface area contributed by atoms with Gasteiger partial charge in [-0.25, -0.2) is 13.2 Å². The molecule has 0 saturated heterocycles. The van der Waals surface area contributed by atoms with Crippen molar-refractivity contribution in [2.45, 2.75) is 13.5 Å². The third-order valence-electron chi connectivity index (χ3n) is 5.65. The highest BCUT2D eigenvalue weighted by Gasteiger charge is 2.13. The van der Waals surface area contributed by atoms with Crippen LogP contribution in [0.15, 0.2) is 78.9 Å². The van der Waals surface area contributed by atoms with E-state index in [-0.39, 0.29) is 16.9 Å². The lowest BCUT2D eigenvalue weighted by molar-refractivity contribution is 0.112. The summed E-state index contributed by atoms with van der Waals surface area (Å²) in [6.45, 7) is 2.81. The van der Waals surface area contributed by atoms with Gasteiger partial charge in [0.05, 0.1) is 6.61 Å². The number of ether oxygens (including phenoxy) is 1. The molecule has 0 aliphatic carbocycles. The Kier molecular flexibility index (Phi) is 7.58. The number of aldehydes is 1. The van der Waals surface area contributed by atoms with Crippen LogP contribution in [-0.2, 0) is 11.3 Å². The maximum atomic E-state index is 14.7. The van der Waals surface area contributed by atoms with Gasteiger partial charge in [0.25, 0.3) is 0 Å². The van der Waals surface area contributed by atoms with Crippen molar-refractivity contribution in [3.63, 3.8) is 0 Å². The molecular weight excluding hydrogens is 449 g/mol. The smallest absolute Gasteiger partial charge is 0.167 e. The first-order valence-corrected chi connectivity index (χ1v) is 11.2. The van der Waals surface area contributed by atoms with Crippen LogP contribution in [0.25, 0.3) is 34.4 Å². The molecule has 0 N–H and O–H groups in total. The van der Waals surface area contributed by atoms with Crippen molar-refractivity contribution in [3.8, 4) is 22.3 Å². The molecule has 4 aromatic rings. The van der Waals surface area contributed by atoms with Gasteiger partial charge in [-0.1, -0.05) is 84.9 Å². The predicted octanol–water partition coefficient (Wildman–Crippen LogP) is 7.96. The number of carbonyl (C=O) groups excluding carboxylic acids is 1. The maximum absolute atomic E-state index is 14.7. The molecule has 4 aromatic carbocycles. The van der Waals surface area contributed by atoms with Gasteiger partial charge in [-0.2, -0.15) is 0 Å². The lowest BCUT2D eigenvalue weighted by atomic mass is 10.00. The Morgan fingerprint density at radius 2 is 1.34 bits per heavy atom. The molecule has 0 spiro atoms. The molecule has 4 rings (SSSR count). The number of carbonyl (C=O) groups is 1. The van der Waals surface area contributed by atoms with Gasteiger partial charge in [-0.05, 0) is 35.2 Å². The molecule has 0 amide bonds. The second-order valence-corrected chi connectivity index (χ2v) is 7.98. The molecule has 0 fully saturated rings. The second-order valence-electron chi connectivity index (χ2n) is 7.98. The third kappa shape index (κ3) is 5.58. The first-order chi connectivity index (χ1) is 17.0. The van der Waals surface area contributed by atoms with Gasteiger partial charge in [0.1, 0.15) is 12.1 Å². The Morgan fingerprint density at radius 3 is 1.97 bits per heavy atom. The molecule has 0 radical (unpaired) electrons. The number of hydrogen-bond donors (Lipinski definition) is 0. The first kappa shape index (κ1) is 24.2. The van der Waals surface area contributed by atoms with Crippen molar-refractivity contribution in [1.29, 1.82) is 0 Å². The molecule has 0 unspecified atom stereocenters. The molecular formula is C30H23F3O2. The normalized spacial score (nSPS) is 11.2. The summed E-state index contributed by atoms with van der Waals surface area (Å²) in [5.74, 6) is -2.24. The SMILES string of the molecule is CCOCc1ccc(-c2ccc(/C=C/c3ccc(-c4ccc(C=O)cc4)c(F)c3F)cc2)c(F)c1. The number of halogens is 3. The fourth-order valence-electron chi connectivity index (χ4n) is 3.72. The lowest BCUT2D eigenvalue weighted by Gasteiger charge is -2.08. The van der Waals surface area contributed by atoms with Crippen molar-refractivity contribution in [1.82, 2.24) is 0 Å². The van der Waals surface area contributed by atoms with Crippen LogP contribution in [0.2, 0.25) is 0 Å². The van der Waals surface area contributed by atoms with E-state index < -0.39 is 11.6 Å². The minimum Gasteiger partial charge on any atom is -0.377 e. The molecule has 0 bridgehead atoms. The minimum atomic E-state index is -0.955. The van der Waals surface area contributed by atoms with Crippen LogP contribution in [0, 0.1) is 17.5 Å². The monoisotopic (exact) mass is 472 g/mol. The number of hydrogen-bond acceptors (Lipinski definition) is 2. The molecule has 2 nitrogen and oxygen atoms in total. The lowest BCUT2D eigenvalue weighted by Crippen LogP contribution is -1.94. The molecule has 5 heteroatoms. The summed E-state index contributed by atoms with van der Waals surface area (Å²) in [5.41, 5.74) is 3.89. The summed E-state index contributed by atoms with van der Waals surface area (Å²) in [6, 6.07) is 21.4. The van der Waals surface area contributed by atoms with Crippen LogP contribution in [0.4, 0.5) is 13.2 Å². The maximum Gasteiger partial charge on any atom is 0.167 e. The van der Waals surface area contributed by atoms with Gasteiger partial charge < -0.3 is 4.74 Å². The number of rotatable bonds is 8. The molecule has 0 saturated carbocycles. The van der Waals surface area contributed by atoms with E-state index in [1.165, 1.54) is 24.3 Å². The molecule has 0 heterocycles. The minimum absolute atomic E-state index is 0.107. The van der Waals surface area contributed by atoms with Crippen LogP contribution in [0.1, 0.15) is 34.0 Å². The molecule has 35 heavy (non-hydrogen) atoms. The van der Waals surface area contributed by atoms with Crippen molar-refractivity contribution < 1.29 is 22.7 Å². The van der Waals surface area contributed by atoms with E-state index in [0.717, 1.165) is 11.1 Å². The van der Waals surface area contributed by atoms with E-state index in [1.807, 2.05) is 13.0 Å². The first-order valence-electron chi connectivity index (χ1n) is 11.2. The van der Waals surface area contributed by atoms with Crippen molar-refractivity contribution in [2.24, 2.45) is 0 Å². The quantitative estimate of drug-likeness (QED) is 0.192. The third-order valence-corrected chi connectivity index (χ3v) is 5.65. The van der Waals surface area contributed by atoms with Crippen LogP contribution in [0.3, 0.4) is 0 Å². The average Bonchev–Trinajstić information content (AvgIpc) is 2.89. The highest BCUT2D eigenvalue weighted by molar-refractivity contribution is 5.78. The summed E-state index contributed by atoms with van der Waals surface area (Å²) < 4.78 is 49.3. The van der Waals surface area contributed by atoms with Crippen LogP contribution < -0.4 is 0 Å².